The van der Waals surface area contributed by atoms with Gasteiger partial charge >= 0.3 is 0 Å². The van der Waals surface area contributed by atoms with E-state index < -0.39 is 0 Å². The number of nitrogens with two attached hydrogens (primary N) is 1. The minimum absolute atomic E-state index is 0. The number of rotatable bonds is 2. The molecule has 0 heterocycles. The van der Waals surface area contributed by atoms with Crippen molar-refractivity contribution in [2.45, 2.75) is 19.9 Å². The molecule has 1 nitrogen and oxygen atoms in total. The van der Waals surface area contributed by atoms with E-state index in [9.17, 15) is 0 Å². The molecule has 0 saturated heterocycles. The van der Waals surface area contributed by atoms with Crippen molar-refractivity contribution in [1.29, 1.82) is 0 Å². The second-order valence-corrected chi connectivity index (χ2v) is 4.25. The summed E-state index contributed by atoms with van der Waals surface area (Å²) in [7, 11) is 0. The SMILES string of the molecule is Cc1ccc([C@@H](N)c2ccccc2)c(C)c1.Cl. The van der Waals surface area contributed by atoms with E-state index in [1.165, 1.54) is 16.7 Å². The topological polar surface area (TPSA) is 26.0 Å². The third kappa shape index (κ3) is 3.09. The van der Waals surface area contributed by atoms with Crippen molar-refractivity contribution < 1.29 is 0 Å². The highest BCUT2D eigenvalue weighted by molar-refractivity contribution is 5.85. The number of aryl methyl sites for hydroxylation is 2. The molecule has 2 heteroatoms. The molecule has 0 spiro atoms. The molecule has 2 N–H and O–H groups in total. The summed E-state index contributed by atoms with van der Waals surface area (Å²) in [5, 5.41) is 0. The van der Waals surface area contributed by atoms with E-state index in [4.69, 9.17) is 5.73 Å². The number of hydrogen-bond donors (Lipinski definition) is 1. The van der Waals surface area contributed by atoms with Crippen LogP contribution in [0.5, 0.6) is 0 Å². The molecule has 0 fully saturated rings. The molecule has 0 amide bonds. The van der Waals surface area contributed by atoms with Gasteiger partial charge < -0.3 is 5.73 Å². The molecule has 0 aliphatic carbocycles. The van der Waals surface area contributed by atoms with Crippen LogP contribution >= 0.6 is 12.4 Å². The summed E-state index contributed by atoms with van der Waals surface area (Å²) >= 11 is 0. The Hall–Kier alpha value is -1.31. The Kier molecular flexibility index (Phi) is 4.73. The molecule has 2 aromatic rings. The molecule has 0 radical (unpaired) electrons. The highest BCUT2D eigenvalue weighted by atomic mass is 35.5. The van der Waals surface area contributed by atoms with Crippen LogP contribution in [0.3, 0.4) is 0 Å². The first-order valence-corrected chi connectivity index (χ1v) is 5.56. The smallest absolute Gasteiger partial charge is 0.0554 e. The monoisotopic (exact) mass is 247 g/mol. The Bertz CT molecular complexity index is 480. The molecule has 2 rings (SSSR count). The van der Waals surface area contributed by atoms with Gasteiger partial charge in [-0.3, -0.25) is 0 Å². The standard InChI is InChI=1S/C15H17N.ClH/c1-11-8-9-14(12(2)10-11)15(16)13-6-4-3-5-7-13;/h3-10,15H,16H2,1-2H3;1H/t15-;/m0./s1. The Labute approximate surface area is 109 Å². The first-order chi connectivity index (χ1) is 7.68. The van der Waals surface area contributed by atoms with Crippen molar-refractivity contribution >= 4 is 12.4 Å². The fourth-order valence-electron chi connectivity index (χ4n) is 2.01. The van der Waals surface area contributed by atoms with Crippen molar-refractivity contribution in [2.24, 2.45) is 5.73 Å². The number of benzene rings is 2. The minimum Gasteiger partial charge on any atom is -0.320 e. The van der Waals surface area contributed by atoms with Crippen molar-refractivity contribution in [3.8, 4) is 0 Å². The maximum Gasteiger partial charge on any atom is 0.0554 e. The lowest BCUT2D eigenvalue weighted by atomic mass is 9.95. The third-order valence-electron chi connectivity index (χ3n) is 2.92. The molecule has 17 heavy (non-hydrogen) atoms. The van der Waals surface area contributed by atoms with Gasteiger partial charge in [-0.05, 0) is 30.5 Å². The Morgan fingerprint density at radius 1 is 0.941 bits per heavy atom. The van der Waals surface area contributed by atoms with Gasteiger partial charge in [0, 0.05) is 0 Å². The van der Waals surface area contributed by atoms with Crippen molar-refractivity contribution in [3.05, 3.63) is 70.8 Å². The molecule has 0 aliphatic heterocycles. The van der Waals surface area contributed by atoms with E-state index in [-0.39, 0.29) is 18.4 Å². The maximum atomic E-state index is 6.27. The van der Waals surface area contributed by atoms with E-state index in [0.29, 0.717) is 0 Å². The second kappa shape index (κ2) is 5.85. The summed E-state index contributed by atoms with van der Waals surface area (Å²) in [6.45, 7) is 4.22. The van der Waals surface area contributed by atoms with Crippen LogP contribution in [0.1, 0.15) is 28.3 Å². The summed E-state index contributed by atoms with van der Waals surface area (Å²) in [6.07, 6.45) is 0. The fourth-order valence-corrected chi connectivity index (χ4v) is 2.01. The quantitative estimate of drug-likeness (QED) is 0.859. The normalized spacial score (nSPS) is 11.7. The zero-order chi connectivity index (χ0) is 11.5. The molecule has 0 bridgehead atoms. The second-order valence-electron chi connectivity index (χ2n) is 4.25. The van der Waals surface area contributed by atoms with Crippen LogP contribution in [0.15, 0.2) is 48.5 Å². The van der Waals surface area contributed by atoms with Crippen molar-refractivity contribution in [1.82, 2.24) is 0 Å². The van der Waals surface area contributed by atoms with Gasteiger partial charge in [0.25, 0.3) is 0 Å². The molecule has 1 atom stereocenters. The molecule has 0 aliphatic rings. The minimum atomic E-state index is -0.0261. The Balaban J connectivity index is 0.00000144. The summed E-state index contributed by atoms with van der Waals surface area (Å²) in [6, 6.07) is 16.6. The lowest BCUT2D eigenvalue weighted by Gasteiger charge is -2.15. The molecular weight excluding hydrogens is 230 g/mol. The first kappa shape index (κ1) is 13.8. The number of halogens is 1. The van der Waals surface area contributed by atoms with Crippen LogP contribution in [0.25, 0.3) is 0 Å². The fraction of sp³-hybridized carbons (Fsp3) is 0.200. The van der Waals surface area contributed by atoms with Crippen LogP contribution in [-0.4, -0.2) is 0 Å². The van der Waals surface area contributed by atoms with Crippen LogP contribution in [-0.2, 0) is 0 Å². The van der Waals surface area contributed by atoms with Crippen LogP contribution in [0, 0.1) is 13.8 Å². The average Bonchev–Trinajstić information content (AvgIpc) is 2.29. The van der Waals surface area contributed by atoms with Crippen LogP contribution < -0.4 is 5.73 Å². The Morgan fingerprint density at radius 2 is 1.59 bits per heavy atom. The molecule has 0 unspecified atom stereocenters. The third-order valence-corrected chi connectivity index (χ3v) is 2.92. The van der Waals surface area contributed by atoms with E-state index in [1.54, 1.807) is 0 Å². The van der Waals surface area contributed by atoms with Crippen LogP contribution in [0.4, 0.5) is 0 Å². The highest BCUT2D eigenvalue weighted by Crippen LogP contribution is 2.22. The number of hydrogen-bond acceptors (Lipinski definition) is 1. The highest BCUT2D eigenvalue weighted by Gasteiger charge is 2.10. The lowest BCUT2D eigenvalue weighted by Crippen LogP contribution is -2.13. The summed E-state index contributed by atoms with van der Waals surface area (Å²) in [5.41, 5.74) is 11.2. The molecular formula is C15H18ClN. The molecule has 0 saturated carbocycles. The predicted octanol–water partition coefficient (Wildman–Crippen LogP) is 3.77. The van der Waals surface area contributed by atoms with E-state index >= 15 is 0 Å². The molecule has 2 aromatic carbocycles. The van der Waals surface area contributed by atoms with Gasteiger partial charge in [0.05, 0.1) is 6.04 Å². The van der Waals surface area contributed by atoms with Gasteiger partial charge in [0.15, 0.2) is 0 Å². The summed E-state index contributed by atoms with van der Waals surface area (Å²) < 4.78 is 0. The zero-order valence-corrected chi connectivity index (χ0v) is 11.0. The van der Waals surface area contributed by atoms with Gasteiger partial charge in [-0.15, -0.1) is 12.4 Å². The van der Waals surface area contributed by atoms with Gasteiger partial charge in [-0.1, -0.05) is 54.1 Å². The Morgan fingerprint density at radius 3 is 2.18 bits per heavy atom. The van der Waals surface area contributed by atoms with Crippen molar-refractivity contribution in [3.63, 3.8) is 0 Å². The van der Waals surface area contributed by atoms with E-state index in [1.807, 2.05) is 18.2 Å². The van der Waals surface area contributed by atoms with Gasteiger partial charge in [-0.2, -0.15) is 0 Å². The lowest BCUT2D eigenvalue weighted by molar-refractivity contribution is 0.861. The molecule has 90 valence electrons. The summed E-state index contributed by atoms with van der Waals surface area (Å²) in [5.74, 6) is 0. The maximum absolute atomic E-state index is 6.27. The predicted molar refractivity (Wildman–Crippen MR) is 75.6 cm³/mol. The molecule has 0 aromatic heterocycles. The largest absolute Gasteiger partial charge is 0.320 e. The van der Waals surface area contributed by atoms with Gasteiger partial charge in [-0.25, -0.2) is 0 Å². The van der Waals surface area contributed by atoms with Crippen molar-refractivity contribution in [2.75, 3.05) is 0 Å². The summed E-state index contributed by atoms with van der Waals surface area (Å²) in [4.78, 5) is 0. The van der Waals surface area contributed by atoms with Gasteiger partial charge in [0.1, 0.15) is 0 Å². The first-order valence-electron chi connectivity index (χ1n) is 5.56. The average molecular weight is 248 g/mol. The van der Waals surface area contributed by atoms with E-state index in [2.05, 4.69) is 44.2 Å². The van der Waals surface area contributed by atoms with E-state index in [0.717, 1.165) is 5.56 Å². The zero-order valence-electron chi connectivity index (χ0n) is 10.2. The van der Waals surface area contributed by atoms with Crippen LogP contribution in [0.2, 0.25) is 0 Å². The van der Waals surface area contributed by atoms with Gasteiger partial charge in [0.2, 0.25) is 0 Å².